The van der Waals surface area contributed by atoms with E-state index in [0.29, 0.717) is 27.0 Å². The summed E-state index contributed by atoms with van der Waals surface area (Å²) in [7, 11) is 0. The average Bonchev–Trinajstić information content (AvgIpc) is 3.22. The van der Waals surface area contributed by atoms with Crippen molar-refractivity contribution in [3.8, 4) is 5.69 Å². The third kappa shape index (κ3) is 3.43. The number of hydrogen-bond donors (Lipinski definition) is 1. The molecule has 1 aliphatic rings. The lowest BCUT2D eigenvalue weighted by Gasteiger charge is -2.07. The first kappa shape index (κ1) is 20.0. The van der Waals surface area contributed by atoms with E-state index in [0.717, 1.165) is 35.0 Å². The Balaban J connectivity index is 1.60. The van der Waals surface area contributed by atoms with Gasteiger partial charge in [-0.2, -0.15) is 5.10 Å². The SMILES string of the molecule is O=c1c2c3c(sc2[nH]c(=S)n1-c1cnn(Cc2c(Cl)cccc2Cl)c1)CCCCC3. The van der Waals surface area contributed by atoms with Gasteiger partial charge in [-0.1, -0.05) is 35.7 Å². The van der Waals surface area contributed by atoms with Crippen LogP contribution in [0.4, 0.5) is 0 Å². The highest BCUT2D eigenvalue weighted by Gasteiger charge is 2.20. The van der Waals surface area contributed by atoms with Crippen LogP contribution < -0.4 is 5.56 Å². The van der Waals surface area contributed by atoms with Crippen molar-refractivity contribution < 1.29 is 0 Å². The number of fused-ring (bicyclic) bond motifs is 3. The van der Waals surface area contributed by atoms with Crippen LogP contribution in [0.1, 0.15) is 35.3 Å². The zero-order valence-electron chi connectivity index (χ0n) is 16.0. The molecule has 0 saturated carbocycles. The number of aromatic amines is 1. The van der Waals surface area contributed by atoms with Gasteiger partial charge in [0.15, 0.2) is 4.77 Å². The first-order valence-electron chi connectivity index (χ1n) is 9.78. The minimum Gasteiger partial charge on any atom is -0.323 e. The number of H-pyrrole nitrogens is 1. The Labute approximate surface area is 191 Å². The van der Waals surface area contributed by atoms with E-state index in [2.05, 4.69) is 10.1 Å². The highest BCUT2D eigenvalue weighted by Crippen LogP contribution is 2.33. The largest absolute Gasteiger partial charge is 0.323 e. The fourth-order valence-corrected chi connectivity index (χ4v) is 6.20. The first-order chi connectivity index (χ1) is 14.5. The van der Waals surface area contributed by atoms with Crippen LogP contribution in [0.5, 0.6) is 0 Å². The minimum absolute atomic E-state index is 0.0801. The molecule has 0 saturated heterocycles. The highest BCUT2D eigenvalue weighted by atomic mass is 35.5. The Morgan fingerprint density at radius 3 is 2.73 bits per heavy atom. The number of halogens is 2. The summed E-state index contributed by atoms with van der Waals surface area (Å²) in [6, 6.07) is 5.40. The van der Waals surface area contributed by atoms with Gasteiger partial charge < -0.3 is 4.98 Å². The normalized spacial score (nSPS) is 14.1. The van der Waals surface area contributed by atoms with E-state index in [1.54, 1.807) is 46.6 Å². The molecule has 0 bridgehead atoms. The molecule has 0 atom stereocenters. The van der Waals surface area contributed by atoms with Crippen LogP contribution in [0.25, 0.3) is 15.9 Å². The number of thiophene rings is 1. The van der Waals surface area contributed by atoms with E-state index < -0.39 is 0 Å². The smallest absolute Gasteiger partial charge is 0.268 e. The molecule has 3 aromatic heterocycles. The molecule has 30 heavy (non-hydrogen) atoms. The molecule has 0 fully saturated rings. The number of nitrogens with one attached hydrogen (secondary N) is 1. The Kier molecular flexibility index (Phi) is 5.31. The summed E-state index contributed by atoms with van der Waals surface area (Å²) in [5, 5.41) is 6.34. The van der Waals surface area contributed by atoms with E-state index in [1.807, 2.05) is 0 Å². The van der Waals surface area contributed by atoms with E-state index >= 15 is 0 Å². The van der Waals surface area contributed by atoms with Crippen LogP contribution in [-0.2, 0) is 19.4 Å². The van der Waals surface area contributed by atoms with Gasteiger partial charge in [0.2, 0.25) is 0 Å². The quantitative estimate of drug-likeness (QED) is 0.294. The van der Waals surface area contributed by atoms with E-state index in [1.165, 1.54) is 27.8 Å². The summed E-state index contributed by atoms with van der Waals surface area (Å²) in [5.74, 6) is 0. The number of aromatic nitrogens is 4. The molecule has 1 N–H and O–H groups in total. The molecular weight excluding hydrogens is 459 g/mol. The molecule has 0 spiro atoms. The fourth-order valence-electron chi connectivity index (χ4n) is 4.05. The van der Waals surface area contributed by atoms with Gasteiger partial charge in [-0.05, 0) is 55.6 Å². The Bertz CT molecular complexity index is 1360. The molecule has 4 aromatic rings. The fraction of sp³-hybridized carbons (Fsp3) is 0.286. The molecule has 154 valence electrons. The second-order valence-electron chi connectivity index (χ2n) is 7.44. The van der Waals surface area contributed by atoms with Crippen LogP contribution in [-0.4, -0.2) is 19.3 Å². The first-order valence-corrected chi connectivity index (χ1v) is 11.8. The predicted molar refractivity (Wildman–Crippen MR) is 125 cm³/mol. The summed E-state index contributed by atoms with van der Waals surface area (Å²) < 4.78 is 3.62. The third-order valence-electron chi connectivity index (χ3n) is 5.52. The monoisotopic (exact) mass is 476 g/mol. The molecule has 5 nitrogen and oxygen atoms in total. The van der Waals surface area contributed by atoms with Crippen LogP contribution >= 0.6 is 46.8 Å². The lowest BCUT2D eigenvalue weighted by molar-refractivity contribution is 0.686. The van der Waals surface area contributed by atoms with Gasteiger partial charge >= 0.3 is 0 Å². The molecule has 0 aliphatic heterocycles. The van der Waals surface area contributed by atoms with E-state index in [4.69, 9.17) is 35.4 Å². The van der Waals surface area contributed by atoms with Gasteiger partial charge in [-0.15, -0.1) is 11.3 Å². The summed E-state index contributed by atoms with van der Waals surface area (Å²) in [6.45, 7) is 0.403. The average molecular weight is 477 g/mol. The van der Waals surface area contributed by atoms with Crippen LogP contribution in [0.3, 0.4) is 0 Å². The van der Waals surface area contributed by atoms with Crippen molar-refractivity contribution in [3.05, 3.63) is 71.8 Å². The van der Waals surface area contributed by atoms with Gasteiger partial charge in [0.25, 0.3) is 5.56 Å². The standard InChI is InChI=1S/C21H18Cl2N4OS2/c22-15-6-4-7-16(23)14(15)11-26-10-12(9-24-26)27-20(28)18-13-5-2-1-3-8-17(13)30-19(18)25-21(27)29/h4,6-7,9-10H,1-3,5,8,11H2,(H,25,29). The minimum atomic E-state index is -0.0801. The zero-order chi connectivity index (χ0) is 20.8. The Hall–Kier alpha value is -1.93. The summed E-state index contributed by atoms with van der Waals surface area (Å²) in [6.07, 6.45) is 8.91. The molecule has 1 aliphatic carbocycles. The molecule has 1 aromatic carbocycles. The molecular formula is C21H18Cl2N4OS2. The van der Waals surface area contributed by atoms with Crippen molar-refractivity contribution >= 4 is 57.0 Å². The zero-order valence-corrected chi connectivity index (χ0v) is 19.1. The maximum atomic E-state index is 13.5. The summed E-state index contributed by atoms with van der Waals surface area (Å²) in [4.78, 5) is 18.9. The summed E-state index contributed by atoms with van der Waals surface area (Å²) in [5.41, 5.74) is 2.52. The number of hydrogen-bond acceptors (Lipinski definition) is 4. The van der Waals surface area contributed by atoms with Crippen LogP contribution in [0.2, 0.25) is 10.0 Å². The second-order valence-corrected chi connectivity index (χ2v) is 9.74. The van der Waals surface area contributed by atoms with Crippen molar-refractivity contribution in [2.24, 2.45) is 0 Å². The number of aryl methyl sites for hydroxylation is 2. The van der Waals surface area contributed by atoms with Crippen LogP contribution in [0, 0.1) is 4.77 Å². The molecule has 9 heteroatoms. The number of benzene rings is 1. The topological polar surface area (TPSA) is 55.6 Å². The molecule has 0 unspecified atom stereocenters. The van der Waals surface area contributed by atoms with Crippen molar-refractivity contribution in [3.63, 3.8) is 0 Å². The molecule has 5 rings (SSSR count). The third-order valence-corrected chi connectivity index (χ3v) is 7.72. The summed E-state index contributed by atoms with van der Waals surface area (Å²) >= 11 is 19.8. The Morgan fingerprint density at radius 1 is 1.17 bits per heavy atom. The highest BCUT2D eigenvalue weighted by molar-refractivity contribution is 7.71. The lowest BCUT2D eigenvalue weighted by atomic mass is 10.1. The van der Waals surface area contributed by atoms with Crippen LogP contribution in [0.15, 0.2) is 35.4 Å². The van der Waals surface area contributed by atoms with Gasteiger partial charge in [0, 0.05) is 26.7 Å². The number of nitrogens with zero attached hydrogens (tertiary/aromatic N) is 3. The predicted octanol–water partition coefficient (Wildman–Crippen LogP) is 5.93. The van der Waals surface area contributed by atoms with Gasteiger partial charge in [-0.3, -0.25) is 9.48 Å². The second kappa shape index (κ2) is 7.96. The van der Waals surface area contributed by atoms with Crippen molar-refractivity contribution in [2.45, 2.75) is 38.6 Å². The maximum absolute atomic E-state index is 13.5. The molecule has 0 radical (unpaired) electrons. The molecule has 3 heterocycles. The van der Waals surface area contributed by atoms with Crippen molar-refractivity contribution in [1.82, 2.24) is 19.3 Å². The molecule has 0 amide bonds. The maximum Gasteiger partial charge on any atom is 0.268 e. The van der Waals surface area contributed by atoms with Crippen molar-refractivity contribution in [1.29, 1.82) is 0 Å². The van der Waals surface area contributed by atoms with Crippen molar-refractivity contribution in [2.75, 3.05) is 0 Å². The number of rotatable bonds is 3. The van der Waals surface area contributed by atoms with E-state index in [-0.39, 0.29) is 5.56 Å². The van der Waals surface area contributed by atoms with Gasteiger partial charge in [-0.25, -0.2) is 4.57 Å². The van der Waals surface area contributed by atoms with Gasteiger partial charge in [0.05, 0.1) is 23.8 Å². The Morgan fingerprint density at radius 2 is 1.93 bits per heavy atom. The van der Waals surface area contributed by atoms with E-state index in [9.17, 15) is 4.79 Å². The van der Waals surface area contributed by atoms with Gasteiger partial charge in [0.1, 0.15) is 4.83 Å². The lowest BCUT2D eigenvalue weighted by Crippen LogP contribution is -2.20.